The van der Waals surface area contributed by atoms with Crippen LogP contribution in [0.3, 0.4) is 0 Å². The predicted octanol–water partition coefficient (Wildman–Crippen LogP) is 2.81. The Bertz CT molecular complexity index is 855. The first kappa shape index (κ1) is 20.9. The molecule has 2 aromatic rings. The predicted molar refractivity (Wildman–Crippen MR) is 109 cm³/mol. The van der Waals surface area contributed by atoms with E-state index in [2.05, 4.69) is 5.32 Å². The first-order valence-electron chi connectivity index (χ1n) is 9.17. The molecule has 0 aromatic heterocycles. The molecule has 7 nitrogen and oxygen atoms in total. The highest BCUT2D eigenvalue weighted by Gasteiger charge is 2.18. The van der Waals surface area contributed by atoms with Crippen molar-refractivity contribution in [3.05, 3.63) is 48.0 Å². The van der Waals surface area contributed by atoms with E-state index in [4.69, 9.17) is 18.9 Å². The number of amides is 1. The van der Waals surface area contributed by atoms with Gasteiger partial charge in [-0.15, -0.1) is 11.8 Å². The van der Waals surface area contributed by atoms with Gasteiger partial charge in [0.2, 0.25) is 0 Å². The van der Waals surface area contributed by atoms with Crippen molar-refractivity contribution in [2.24, 2.45) is 0 Å². The summed E-state index contributed by atoms with van der Waals surface area (Å²) >= 11 is 1.32. The van der Waals surface area contributed by atoms with Gasteiger partial charge in [-0.3, -0.25) is 9.59 Å². The Morgan fingerprint density at radius 2 is 1.83 bits per heavy atom. The fourth-order valence-corrected chi connectivity index (χ4v) is 3.32. The largest absolute Gasteiger partial charge is 0.497 e. The summed E-state index contributed by atoms with van der Waals surface area (Å²) in [6.07, 6.45) is -0.874. The van der Waals surface area contributed by atoms with E-state index in [0.29, 0.717) is 31.3 Å². The Hall–Kier alpha value is -2.87. The van der Waals surface area contributed by atoms with Crippen LogP contribution < -0.4 is 19.5 Å². The van der Waals surface area contributed by atoms with E-state index in [1.807, 2.05) is 42.5 Å². The third-order valence-corrected chi connectivity index (χ3v) is 5.14. The Balaban J connectivity index is 1.41. The Labute approximate surface area is 173 Å². The summed E-state index contributed by atoms with van der Waals surface area (Å²) in [5, 5.41) is 2.76. The minimum absolute atomic E-state index is 0.0930. The number of esters is 1. The van der Waals surface area contributed by atoms with Crippen LogP contribution in [0, 0.1) is 0 Å². The van der Waals surface area contributed by atoms with E-state index < -0.39 is 12.1 Å². The zero-order valence-corrected chi connectivity index (χ0v) is 17.1. The molecular weight excluding hydrogens is 394 g/mol. The van der Waals surface area contributed by atoms with Crippen molar-refractivity contribution in [2.75, 3.05) is 26.1 Å². The molecule has 0 fully saturated rings. The molecule has 0 radical (unpaired) electrons. The molecule has 1 aliphatic heterocycles. The maximum atomic E-state index is 12.2. The Morgan fingerprint density at radius 1 is 1.10 bits per heavy atom. The van der Waals surface area contributed by atoms with Gasteiger partial charge < -0.3 is 24.3 Å². The van der Waals surface area contributed by atoms with Crippen molar-refractivity contribution in [1.82, 2.24) is 5.32 Å². The third kappa shape index (κ3) is 6.05. The van der Waals surface area contributed by atoms with Crippen molar-refractivity contribution >= 4 is 23.6 Å². The number of hydrogen-bond donors (Lipinski definition) is 1. The van der Waals surface area contributed by atoms with Gasteiger partial charge >= 0.3 is 5.97 Å². The van der Waals surface area contributed by atoms with Crippen LogP contribution >= 0.6 is 11.8 Å². The van der Waals surface area contributed by atoms with Crippen molar-refractivity contribution in [1.29, 1.82) is 0 Å². The molecule has 0 bridgehead atoms. The second-order valence-electron chi connectivity index (χ2n) is 6.29. The lowest BCUT2D eigenvalue weighted by Gasteiger charge is -2.18. The molecule has 1 atom stereocenters. The summed E-state index contributed by atoms with van der Waals surface area (Å²) in [4.78, 5) is 25.1. The number of carbonyl (C=O) groups excluding carboxylic acids is 2. The summed E-state index contributed by atoms with van der Waals surface area (Å²) in [5.41, 5.74) is 0.923. The highest BCUT2D eigenvalue weighted by molar-refractivity contribution is 8.00. The van der Waals surface area contributed by atoms with Crippen LogP contribution in [0.4, 0.5) is 0 Å². The van der Waals surface area contributed by atoms with E-state index in [-0.39, 0.29) is 11.7 Å². The van der Waals surface area contributed by atoms with Crippen LogP contribution in [0.5, 0.6) is 17.2 Å². The summed E-state index contributed by atoms with van der Waals surface area (Å²) in [5.74, 6) is 1.40. The molecule has 1 amide bonds. The Morgan fingerprint density at radius 3 is 2.55 bits per heavy atom. The molecule has 0 saturated heterocycles. The van der Waals surface area contributed by atoms with Crippen molar-refractivity contribution < 1.29 is 28.5 Å². The number of benzene rings is 2. The van der Waals surface area contributed by atoms with Gasteiger partial charge in [0.25, 0.3) is 5.91 Å². The lowest BCUT2D eigenvalue weighted by Crippen LogP contribution is -2.35. The maximum Gasteiger partial charge on any atom is 0.317 e. The van der Waals surface area contributed by atoms with Gasteiger partial charge in [0.15, 0.2) is 17.6 Å². The normalized spacial score (nSPS) is 13.3. The highest BCUT2D eigenvalue weighted by Crippen LogP contribution is 2.34. The minimum Gasteiger partial charge on any atom is -0.497 e. The molecule has 0 spiro atoms. The smallest absolute Gasteiger partial charge is 0.317 e. The lowest BCUT2D eigenvalue weighted by atomic mass is 10.2. The van der Waals surface area contributed by atoms with Crippen molar-refractivity contribution in [2.45, 2.75) is 24.5 Å². The van der Waals surface area contributed by atoms with Crippen LogP contribution in [-0.2, 0) is 20.9 Å². The lowest BCUT2D eigenvalue weighted by molar-refractivity contribution is -0.152. The van der Waals surface area contributed by atoms with Crippen molar-refractivity contribution in [3.8, 4) is 17.2 Å². The molecule has 1 heterocycles. The third-order valence-electron chi connectivity index (χ3n) is 4.17. The summed E-state index contributed by atoms with van der Waals surface area (Å²) in [6, 6.07) is 12.9. The second kappa shape index (κ2) is 10.1. The molecule has 0 unspecified atom stereocenters. The fraction of sp³-hybridized carbons (Fsp3) is 0.333. The number of nitrogens with one attached hydrogen (secondary N) is 1. The monoisotopic (exact) mass is 417 g/mol. The fourth-order valence-electron chi connectivity index (χ4n) is 2.62. The summed E-state index contributed by atoms with van der Waals surface area (Å²) in [7, 11) is 1.60. The molecular formula is C21H23NO6S. The van der Waals surface area contributed by atoms with E-state index in [1.165, 1.54) is 11.8 Å². The van der Waals surface area contributed by atoms with Gasteiger partial charge in [0, 0.05) is 11.4 Å². The van der Waals surface area contributed by atoms with Gasteiger partial charge in [-0.05, 0) is 42.8 Å². The zero-order chi connectivity index (χ0) is 20.6. The Kier molecular flexibility index (Phi) is 7.24. The molecule has 2 aromatic carbocycles. The standard InChI is InChI=1S/C21H23NO6S/c1-14(21(24)22-12-15-3-5-16(25-2)6-4-15)28-20(23)13-29-17-7-8-18-19(11-17)27-10-9-26-18/h3-8,11,14H,9-10,12-13H2,1-2H3,(H,22,24)/t14-/m1/s1. The quantitative estimate of drug-likeness (QED) is 0.522. The first-order chi connectivity index (χ1) is 14.0. The van der Waals surface area contributed by atoms with Gasteiger partial charge in [-0.2, -0.15) is 0 Å². The van der Waals surface area contributed by atoms with Crippen LogP contribution in [-0.4, -0.2) is 44.1 Å². The average Bonchev–Trinajstić information content (AvgIpc) is 2.76. The van der Waals surface area contributed by atoms with Crippen molar-refractivity contribution in [3.63, 3.8) is 0 Å². The van der Waals surface area contributed by atoms with E-state index in [9.17, 15) is 9.59 Å². The number of hydrogen-bond acceptors (Lipinski definition) is 7. The number of fused-ring (bicyclic) bond motifs is 1. The molecule has 1 N–H and O–H groups in total. The van der Waals surface area contributed by atoms with Crippen LogP contribution in [0.1, 0.15) is 12.5 Å². The van der Waals surface area contributed by atoms with Crippen LogP contribution in [0.2, 0.25) is 0 Å². The summed E-state index contributed by atoms with van der Waals surface area (Å²) < 4.78 is 21.3. The minimum atomic E-state index is -0.874. The molecule has 1 aliphatic rings. The van der Waals surface area contributed by atoms with Gasteiger partial charge in [-0.1, -0.05) is 12.1 Å². The molecule has 0 saturated carbocycles. The number of ether oxygens (including phenoxy) is 4. The number of methoxy groups -OCH3 is 1. The maximum absolute atomic E-state index is 12.2. The first-order valence-corrected chi connectivity index (χ1v) is 10.2. The van der Waals surface area contributed by atoms with E-state index in [0.717, 1.165) is 16.2 Å². The van der Waals surface area contributed by atoms with Crippen LogP contribution in [0.25, 0.3) is 0 Å². The molecule has 0 aliphatic carbocycles. The molecule has 3 rings (SSSR count). The number of carbonyl (C=O) groups is 2. The number of thioether (sulfide) groups is 1. The average molecular weight is 417 g/mol. The van der Waals surface area contributed by atoms with E-state index >= 15 is 0 Å². The molecule has 154 valence electrons. The van der Waals surface area contributed by atoms with Gasteiger partial charge in [0.05, 0.1) is 12.9 Å². The number of rotatable bonds is 8. The van der Waals surface area contributed by atoms with Crippen LogP contribution in [0.15, 0.2) is 47.4 Å². The van der Waals surface area contributed by atoms with Gasteiger partial charge in [0.1, 0.15) is 19.0 Å². The zero-order valence-electron chi connectivity index (χ0n) is 16.3. The SMILES string of the molecule is COc1ccc(CNC(=O)[C@@H](C)OC(=O)CSc2ccc3c(c2)OCCO3)cc1. The second-order valence-corrected chi connectivity index (χ2v) is 7.34. The van der Waals surface area contributed by atoms with Gasteiger partial charge in [-0.25, -0.2) is 0 Å². The molecule has 29 heavy (non-hydrogen) atoms. The molecule has 8 heteroatoms. The van der Waals surface area contributed by atoms with E-state index in [1.54, 1.807) is 14.0 Å². The highest BCUT2D eigenvalue weighted by atomic mass is 32.2. The topological polar surface area (TPSA) is 83.1 Å². The summed E-state index contributed by atoms with van der Waals surface area (Å²) in [6.45, 7) is 2.93.